The number of Topliss-reactive ketones (excluding diaryl/α,β-unsaturated/α-hetero) is 1. The smallest absolute Gasteiger partial charge is 0.166 e. The molecule has 2 aromatic rings. The molecule has 0 radical (unpaired) electrons. The number of nitrogens with zero attached hydrogens (tertiary/aromatic N) is 2. The number of hydrogen-bond donors (Lipinski definition) is 0. The molecule has 1 aliphatic rings. The van der Waals surface area contributed by atoms with Crippen LogP contribution in [0.15, 0.2) is 30.5 Å². The Kier molecular flexibility index (Phi) is 2.92. The SMILES string of the molecule is O=C1CCCc2c1cnn2Cc1ccccc1Cl. The molecule has 0 saturated heterocycles. The van der Waals surface area contributed by atoms with Crippen LogP contribution in [0.1, 0.15) is 34.5 Å². The normalized spacial score (nSPS) is 14.6. The van der Waals surface area contributed by atoms with E-state index in [1.807, 2.05) is 28.9 Å². The second kappa shape index (κ2) is 4.58. The first-order chi connectivity index (χ1) is 8.75. The molecule has 1 aromatic heterocycles. The van der Waals surface area contributed by atoms with E-state index in [-0.39, 0.29) is 5.78 Å². The molecule has 3 nitrogen and oxygen atoms in total. The summed E-state index contributed by atoms with van der Waals surface area (Å²) in [7, 11) is 0. The highest BCUT2D eigenvalue weighted by Gasteiger charge is 2.21. The number of rotatable bonds is 2. The monoisotopic (exact) mass is 260 g/mol. The second-order valence-electron chi connectivity index (χ2n) is 4.53. The summed E-state index contributed by atoms with van der Waals surface area (Å²) < 4.78 is 1.90. The van der Waals surface area contributed by atoms with Gasteiger partial charge in [0.25, 0.3) is 0 Å². The third kappa shape index (κ3) is 1.95. The molecule has 0 N–H and O–H groups in total. The van der Waals surface area contributed by atoms with E-state index in [0.29, 0.717) is 13.0 Å². The lowest BCUT2D eigenvalue weighted by atomic mass is 9.97. The van der Waals surface area contributed by atoms with Crippen LogP contribution in [0.2, 0.25) is 5.02 Å². The molecular formula is C14H13ClN2O. The molecular weight excluding hydrogens is 248 g/mol. The summed E-state index contributed by atoms with van der Waals surface area (Å²) in [5.74, 6) is 0.210. The molecule has 0 fully saturated rings. The quantitative estimate of drug-likeness (QED) is 0.832. The fourth-order valence-electron chi connectivity index (χ4n) is 2.38. The van der Waals surface area contributed by atoms with E-state index >= 15 is 0 Å². The zero-order valence-corrected chi connectivity index (χ0v) is 10.7. The minimum Gasteiger partial charge on any atom is -0.294 e. The molecule has 0 aliphatic heterocycles. The van der Waals surface area contributed by atoms with Gasteiger partial charge in [-0.05, 0) is 24.5 Å². The lowest BCUT2D eigenvalue weighted by Crippen LogP contribution is -2.14. The van der Waals surface area contributed by atoms with Crippen molar-refractivity contribution in [2.24, 2.45) is 0 Å². The number of benzene rings is 1. The summed E-state index contributed by atoms with van der Waals surface area (Å²) in [6.45, 7) is 0.627. The number of carbonyl (C=O) groups is 1. The van der Waals surface area contributed by atoms with Crippen molar-refractivity contribution in [3.05, 3.63) is 52.3 Å². The standard InChI is InChI=1S/C14H13ClN2O/c15-12-5-2-1-4-10(12)9-17-13-6-3-7-14(18)11(13)8-16-17/h1-2,4-5,8H,3,6-7,9H2. The Morgan fingerprint density at radius 3 is 2.94 bits per heavy atom. The molecule has 92 valence electrons. The maximum Gasteiger partial charge on any atom is 0.166 e. The van der Waals surface area contributed by atoms with Crippen LogP contribution in [0.3, 0.4) is 0 Å². The summed E-state index contributed by atoms with van der Waals surface area (Å²) in [5, 5.41) is 5.06. The van der Waals surface area contributed by atoms with Crippen molar-refractivity contribution < 1.29 is 4.79 Å². The average Bonchev–Trinajstić information content (AvgIpc) is 2.77. The zero-order valence-electron chi connectivity index (χ0n) is 9.90. The van der Waals surface area contributed by atoms with Crippen molar-refractivity contribution in [2.75, 3.05) is 0 Å². The van der Waals surface area contributed by atoms with Gasteiger partial charge >= 0.3 is 0 Å². The average molecular weight is 261 g/mol. The molecule has 0 saturated carbocycles. The zero-order chi connectivity index (χ0) is 12.5. The second-order valence-corrected chi connectivity index (χ2v) is 4.94. The van der Waals surface area contributed by atoms with Crippen LogP contribution in [-0.4, -0.2) is 15.6 Å². The van der Waals surface area contributed by atoms with Gasteiger partial charge in [-0.1, -0.05) is 29.8 Å². The van der Waals surface area contributed by atoms with Gasteiger partial charge in [-0.3, -0.25) is 9.48 Å². The van der Waals surface area contributed by atoms with E-state index in [9.17, 15) is 4.79 Å². The molecule has 0 atom stereocenters. The van der Waals surface area contributed by atoms with Crippen molar-refractivity contribution in [1.29, 1.82) is 0 Å². The molecule has 4 heteroatoms. The van der Waals surface area contributed by atoms with Crippen LogP contribution >= 0.6 is 11.6 Å². The Morgan fingerprint density at radius 2 is 2.11 bits per heavy atom. The summed E-state index contributed by atoms with van der Waals surface area (Å²) in [4.78, 5) is 11.7. The van der Waals surface area contributed by atoms with Gasteiger partial charge in [-0.2, -0.15) is 5.10 Å². The number of ketones is 1. The van der Waals surface area contributed by atoms with Crippen molar-refractivity contribution in [3.63, 3.8) is 0 Å². The molecule has 0 amide bonds. The minimum absolute atomic E-state index is 0.210. The molecule has 1 heterocycles. The third-order valence-corrected chi connectivity index (χ3v) is 3.71. The van der Waals surface area contributed by atoms with E-state index < -0.39 is 0 Å². The first kappa shape index (κ1) is 11.5. The van der Waals surface area contributed by atoms with Gasteiger partial charge < -0.3 is 0 Å². The van der Waals surface area contributed by atoms with Crippen molar-refractivity contribution in [1.82, 2.24) is 9.78 Å². The van der Waals surface area contributed by atoms with Gasteiger partial charge in [-0.15, -0.1) is 0 Å². The van der Waals surface area contributed by atoms with Crippen LogP contribution in [-0.2, 0) is 13.0 Å². The number of halogens is 1. The van der Waals surface area contributed by atoms with Gasteiger partial charge in [-0.25, -0.2) is 0 Å². The van der Waals surface area contributed by atoms with E-state index in [1.165, 1.54) is 0 Å². The highest BCUT2D eigenvalue weighted by Crippen LogP contribution is 2.23. The number of carbonyl (C=O) groups excluding carboxylic acids is 1. The van der Waals surface area contributed by atoms with Crippen molar-refractivity contribution in [2.45, 2.75) is 25.8 Å². The molecule has 18 heavy (non-hydrogen) atoms. The Bertz CT molecular complexity index is 604. The summed E-state index contributed by atoms with van der Waals surface area (Å²) in [5.41, 5.74) is 2.86. The van der Waals surface area contributed by atoms with Gasteiger partial charge in [0.15, 0.2) is 5.78 Å². The topological polar surface area (TPSA) is 34.9 Å². The largest absolute Gasteiger partial charge is 0.294 e. The Balaban J connectivity index is 1.95. The predicted molar refractivity (Wildman–Crippen MR) is 70.0 cm³/mol. The molecule has 0 spiro atoms. The number of hydrogen-bond acceptors (Lipinski definition) is 2. The van der Waals surface area contributed by atoms with Gasteiger partial charge in [0.2, 0.25) is 0 Å². The number of aromatic nitrogens is 2. The fourth-order valence-corrected chi connectivity index (χ4v) is 2.58. The van der Waals surface area contributed by atoms with Crippen molar-refractivity contribution >= 4 is 17.4 Å². The van der Waals surface area contributed by atoms with Crippen LogP contribution in [0.4, 0.5) is 0 Å². The first-order valence-electron chi connectivity index (χ1n) is 6.07. The lowest BCUT2D eigenvalue weighted by molar-refractivity contribution is 0.0972. The van der Waals surface area contributed by atoms with Crippen LogP contribution < -0.4 is 0 Å². The number of fused-ring (bicyclic) bond motifs is 1. The van der Waals surface area contributed by atoms with Crippen LogP contribution in [0.25, 0.3) is 0 Å². The van der Waals surface area contributed by atoms with Crippen molar-refractivity contribution in [3.8, 4) is 0 Å². The molecule has 3 rings (SSSR count). The predicted octanol–water partition coefficient (Wildman–Crippen LogP) is 3.10. The van der Waals surface area contributed by atoms with E-state index in [2.05, 4.69) is 5.10 Å². The third-order valence-electron chi connectivity index (χ3n) is 3.34. The lowest BCUT2D eigenvalue weighted by Gasteiger charge is -2.13. The molecule has 1 aliphatic carbocycles. The van der Waals surface area contributed by atoms with E-state index in [0.717, 1.165) is 34.7 Å². The van der Waals surface area contributed by atoms with Crippen LogP contribution in [0, 0.1) is 0 Å². The highest BCUT2D eigenvalue weighted by molar-refractivity contribution is 6.31. The van der Waals surface area contributed by atoms with Gasteiger partial charge in [0.1, 0.15) is 0 Å². The first-order valence-corrected chi connectivity index (χ1v) is 6.45. The fraction of sp³-hybridized carbons (Fsp3) is 0.286. The summed E-state index contributed by atoms with van der Waals surface area (Å²) in [6.07, 6.45) is 4.17. The van der Waals surface area contributed by atoms with E-state index in [4.69, 9.17) is 11.6 Å². The Morgan fingerprint density at radius 1 is 1.28 bits per heavy atom. The highest BCUT2D eigenvalue weighted by atomic mass is 35.5. The van der Waals surface area contributed by atoms with Gasteiger partial charge in [0, 0.05) is 17.1 Å². The minimum atomic E-state index is 0.210. The molecule has 1 aromatic carbocycles. The molecule has 0 bridgehead atoms. The maximum atomic E-state index is 11.7. The Hall–Kier alpha value is -1.61. The maximum absolute atomic E-state index is 11.7. The van der Waals surface area contributed by atoms with Crippen LogP contribution in [0.5, 0.6) is 0 Å². The van der Waals surface area contributed by atoms with E-state index in [1.54, 1.807) is 6.20 Å². The summed E-state index contributed by atoms with van der Waals surface area (Å²) in [6, 6.07) is 7.73. The summed E-state index contributed by atoms with van der Waals surface area (Å²) >= 11 is 6.14. The Labute approximate surface area is 110 Å². The molecule has 0 unspecified atom stereocenters. The van der Waals surface area contributed by atoms with Gasteiger partial charge in [0.05, 0.1) is 18.3 Å².